The van der Waals surface area contributed by atoms with E-state index in [9.17, 15) is 4.79 Å². The number of ketones is 1. The Morgan fingerprint density at radius 2 is 2.35 bits per heavy atom. The van der Waals surface area contributed by atoms with E-state index < -0.39 is 0 Å². The summed E-state index contributed by atoms with van der Waals surface area (Å²) in [4.78, 5) is 11.6. The standard InChI is InChI=1S/C13H20N2O2/c1-4-7-15-12(11(17-3)9-14-15)13(2)6-5-10(16)8-13/h9H,4-8H2,1-3H3. The summed E-state index contributed by atoms with van der Waals surface area (Å²) in [5.41, 5.74) is 0.987. The van der Waals surface area contributed by atoms with Crippen LogP contribution in [0.2, 0.25) is 0 Å². The molecule has 1 aliphatic rings. The Morgan fingerprint density at radius 1 is 1.59 bits per heavy atom. The molecule has 4 heteroatoms. The summed E-state index contributed by atoms with van der Waals surface area (Å²) in [6.07, 6.45) is 4.98. The topological polar surface area (TPSA) is 44.1 Å². The van der Waals surface area contributed by atoms with Gasteiger partial charge in [0.1, 0.15) is 5.78 Å². The average Bonchev–Trinajstić information content (AvgIpc) is 2.84. The Labute approximate surface area is 102 Å². The largest absolute Gasteiger partial charge is 0.493 e. The van der Waals surface area contributed by atoms with Crippen LogP contribution in [-0.2, 0) is 16.8 Å². The fourth-order valence-corrected chi connectivity index (χ4v) is 2.74. The van der Waals surface area contributed by atoms with Crippen LogP contribution in [0, 0.1) is 0 Å². The van der Waals surface area contributed by atoms with Crippen LogP contribution in [0.4, 0.5) is 0 Å². The molecule has 17 heavy (non-hydrogen) atoms. The van der Waals surface area contributed by atoms with Crippen molar-refractivity contribution in [1.29, 1.82) is 0 Å². The molecule has 1 fully saturated rings. The van der Waals surface area contributed by atoms with Gasteiger partial charge >= 0.3 is 0 Å². The van der Waals surface area contributed by atoms with Gasteiger partial charge in [0, 0.05) is 24.8 Å². The molecule has 2 rings (SSSR count). The monoisotopic (exact) mass is 236 g/mol. The number of aryl methyl sites for hydroxylation is 1. The van der Waals surface area contributed by atoms with Crippen LogP contribution >= 0.6 is 0 Å². The van der Waals surface area contributed by atoms with E-state index in [-0.39, 0.29) is 5.41 Å². The molecule has 0 aromatic carbocycles. The van der Waals surface area contributed by atoms with Gasteiger partial charge in [-0.25, -0.2) is 0 Å². The molecule has 1 unspecified atom stereocenters. The molecule has 0 bridgehead atoms. The van der Waals surface area contributed by atoms with Crippen molar-refractivity contribution in [3.05, 3.63) is 11.9 Å². The molecule has 1 aliphatic carbocycles. The van der Waals surface area contributed by atoms with Gasteiger partial charge in [0.25, 0.3) is 0 Å². The highest BCUT2D eigenvalue weighted by Crippen LogP contribution is 2.42. The number of aromatic nitrogens is 2. The van der Waals surface area contributed by atoms with E-state index in [4.69, 9.17) is 4.74 Å². The lowest BCUT2D eigenvalue weighted by Gasteiger charge is -2.25. The van der Waals surface area contributed by atoms with Gasteiger partial charge in [0.05, 0.1) is 19.0 Å². The van der Waals surface area contributed by atoms with Gasteiger partial charge in [-0.15, -0.1) is 0 Å². The highest BCUT2D eigenvalue weighted by molar-refractivity contribution is 5.82. The zero-order chi connectivity index (χ0) is 12.5. The number of nitrogens with zero attached hydrogens (tertiary/aromatic N) is 2. The summed E-state index contributed by atoms with van der Waals surface area (Å²) in [6.45, 7) is 5.14. The van der Waals surface area contributed by atoms with Crippen LogP contribution in [0.5, 0.6) is 5.75 Å². The number of Topliss-reactive ketones (excluding diaryl/α,β-unsaturated/α-hetero) is 1. The third-order valence-electron chi connectivity index (χ3n) is 3.58. The first kappa shape index (κ1) is 12.1. The number of carbonyl (C=O) groups is 1. The quantitative estimate of drug-likeness (QED) is 0.805. The first-order valence-electron chi connectivity index (χ1n) is 6.22. The van der Waals surface area contributed by atoms with E-state index >= 15 is 0 Å². The maximum atomic E-state index is 11.6. The van der Waals surface area contributed by atoms with Crippen LogP contribution in [0.3, 0.4) is 0 Å². The molecule has 0 amide bonds. The van der Waals surface area contributed by atoms with Gasteiger partial charge in [-0.2, -0.15) is 5.10 Å². The number of hydrogen-bond acceptors (Lipinski definition) is 3. The van der Waals surface area contributed by atoms with Crippen molar-refractivity contribution in [1.82, 2.24) is 9.78 Å². The van der Waals surface area contributed by atoms with E-state index in [0.717, 1.165) is 30.8 Å². The lowest BCUT2D eigenvalue weighted by Crippen LogP contribution is -2.24. The first-order chi connectivity index (χ1) is 8.10. The number of hydrogen-bond donors (Lipinski definition) is 0. The molecular formula is C13H20N2O2. The number of methoxy groups -OCH3 is 1. The Balaban J connectivity index is 2.41. The van der Waals surface area contributed by atoms with Crippen LogP contribution in [0.1, 0.15) is 45.2 Å². The third-order valence-corrected chi connectivity index (χ3v) is 3.58. The summed E-state index contributed by atoms with van der Waals surface area (Å²) in [5.74, 6) is 1.16. The molecule has 0 N–H and O–H groups in total. The van der Waals surface area contributed by atoms with Crippen LogP contribution < -0.4 is 4.74 Å². The molecule has 94 valence electrons. The predicted octanol–water partition coefficient (Wildman–Crippen LogP) is 2.31. The smallest absolute Gasteiger partial charge is 0.160 e. The zero-order valence-electron chi connectivity index (χ0n) is 10.8. The lowest BCUT2D eigenvalue weighted by atomic mass is 9.84. The minimum absolute atomic E-state index is 0.103. The molecule has 1 aromatic heterocycles. The minimum atomic E-state index is -0.103. The second kappa shape index (κ2) is 4.51. The summed E-state index contributed by atoms with van der Waals surface area (Å²) in [7, 11) is 1.66. The van der Waals surface area contributed by atoms with Gasteiger partial charge in [0.2, 0.25) is 0 Å². The Hall–Kier alpha value is -1.32. The molecule has 1 aromatic rings. The van der Waals surface area contributed by atoms with Crippen molar-refractivity contribution in [3.8, 4) is 5.75 Å². The second-order valence-corrected chi connectivity index (χ2v) is 5.06. The minimum Gasteiger partial charge on any atom is -0.493 e. The van der Waals surface area contributed by atoms with Gasteiger partial charge in [0.15, 0.2) is 5.75 Å². The Morgan fingerprint density at radius 3 is 2.88 bits per heavy atom. The fourth-order valence-electron chi connectivity index (χ4n) is 2.74. The van der Waals surface area contributed by atoms with Crippen molar-refractivity contribution < 1.29 is 9.53 Å². The highest BCUT2D eigenvalue weighted by Gasteiger charge is 2.40. The van der Waals surface area contributed by atoms with Gasteiger partial charge in [-0.05, 0) is 12.8 Å². The Bertz CT molecular complexity index is 425. The summed E-state index contributed by atoms with van der Waals surface area (Å²) < 4.78 is 7.39. The van der Waals surface area contributed by atoms with Gasteiger partial charge in [-0.1, -0.05) is 13.8 Å². The van der Waals surface area contributed by atoms with Gasteiger partial charge < -0.3 is 4.74 Å². The van der Waals surface area contributed by atoms with E-state index in [1.54, 1.807) is 13.3 Å². The maximum Gasteiger partial charge on any atom is 0.160 e. The van der Waals surface area contributed by atoms with E-state index in [1.165, 1.54) is 0 Å². The van der Waals surface area contributed by atoms with Crippen molar-refractivity contribution in [3.63, 3.8) is 0 Å². The predicted molar refractivity (Wildman–Crippen MR) is 65.3 cm³/mol. The summed E-state index contributed by atoms with van der Waals surface area (Å²) in [5, 5.41) is 4.37. The molecule has 0 saturated heterocycles. The fraction of sp³-hybridized carbons (Fsp3) is 0.692. The van der Waals surface area contributed by atoms with Crippen LogP contribution in [0.15, 0.2) is 6.20 Å². The molecule has 0 radical (unpaired) electrons. The molecular weight excluding hydrogens is 216 g/mol. The highest BCUT2D eigenvalue weighted by atomic mass is 16.5. The van der Waals surface area contributed by atoms with Crippen LogP contribution in [0.25, 0.3) is 0 Å². The van der Waals surface area contributed by atoms with Crippen molar-refractivity contribution in [2.24, 2.45) is 0 Å². The molecule has 1 saturated carbocycles. The third kappa shape index (κ3) is 2.08. The first-order valence-corrected chi connectivity index (χ1v) is 6.22. The van der Waals surface area contributed by atoms with Crippen molar-refractivity contribution >= 4 is 5.78 Å². The summed E-state index contributed by atoms with van der Waals surface area (Å²) in [6, 6.07) is 0. The Kier molecular flexibility index (Phi) is 3.22. The van der Waals surface area contributed by atoms with Crippen LogP contribution in [-0.4, -0.2) is 22.7 Å². The zero-order valence-corrected chi connectivity index (χ0v) is 10.8. The van der Waals surface area contributed by atoms with E-state index in [0.29, 0.717) is 18.6 Å². The summed E-state index contributed by atoms with van der Waals surface area (Å²) >= 11 is 0. The maximum absolute atomic E-state index is 11.6. The molecule has 4 nitrogen and oxygen atoms in total. The van der Waals surface area contributed by atoms with E-state index in [1.807, 2.05) is 4.68 Å². The van der Waals surface area contributed by atoms with Crippen molar-refractivity contribution in [2.75, 3.05) is 7.11 Å². The van der Waals surface area contributed by atoms with Crippen molar-refractivity contribution in [2.45, 2.75) is 51.5 Å². The number of carbonyl (C=O) groups excluding carboxylic acids is 1. The number of rotatable bonds is 4. The van der Waals surface area contributed by atoms with Gasteiger partial charge in [-0.3, -0.25) is 9.48 Å². The SMILES string of the molecule is CCCn1ncc(OC)c1C1(C)CCC(=O)C1. The normalized spacial score (nSPS) is 24.3. The average molecular weight is 236 g/mol. The molecule has 1 heterocycles. The second-order valence-electron chi connectivity index (χ2n) is 5.06. The lowest BCUT2D eigenvalue weighted by molar-refractivity contribution is -0.117. The number of ether oxygens (including phenoxy) is 1. The molecule has 0 aliphatic heterocycles. The molecule has 1 atom stereocenters. The molecule has 0 spiro atoms. The van der Waals surface area contributed by atoms with E-state index in [2.05, 4.69) is 18.9 Å².